The zero-order valence-electron chi connectivity index (χ0n) is 26.4. The third-order valence-electron chi connectivity index (χ3n) is 7.82. The van der Waals surface area contributed by atoms with E-state index in [-0.39, 0.29) is 60.7 Å². The van der Waals surface area contributed by atoms with E-state index in [1.54, 1.807) is 0 Å². The molecule has 1 amide bonds. The SMILES string of the molecule is CC(C)C[C@H](NC(=O)OC1CCN(S(=O)(=O)c2cccc(F)c2)CC1)C(=O)C[C@@H](CCCN=C(N)N)C(=O)c1nc2ccccc2s1. The van der Waals surface area contributed by atoms with Crippen LogP contribution in [0.3, 0.4) is 0 Å². The number of aromatic nitrogens is 1. The van der Waals surface area contributed by atoms with Gasteiger partial charge in [-0.25, -0.2) is 22.6 Å². The summed E-state index contributed by atoms with van der Waals surface area (Å²) >= 11 is 1.27. The van der Waals surface area contributed by atoms with Crippen LogP contribution < -0.4 is 16.8 Å². The number of thiazole rings is 1. The maximum Gasteiger partial charge on any atom is 0.407 e. The summed E-state index contributed by atoms with van der Waals surface area (Å²) in [7, 11) is -3.90. The minimum absolute atomic E-state index is 0.0424. The normalized spacial score (nSPS) is 15.7. The Morgan fingerprint density at radius 1 is 1.13 bits per heavy atom. The molecular formula is C32H41FN6O6S2. The number of ketones is 2. The number of rotatable bonds is 15. The van der Waals surface area contributed by atoms with Gasteiger partial charge >= 0.3 is 6.09 Å². The number of sulfonamides is 1. The summed E-state index contributed by atoms with van der Waals surface area (Å²) in [4.78, 5) is 48.6. The highest BCUT2D eigenvalue weighted by atomic mass is 32.2. The first-order chi connectivity index (χ1) is 22.3. The second kappa shape index (κ2) is 16.2. The minimum Gasteiger partial charge on any atom is -0.446 e. The van der Waals surface area contributed by atoms with E-state index in [0.29, 0.717) is 36.3 Å². The number of guanidine groups is 1. The van der Waals surface area contributed by atoms with Gasteiger partial charge in [-0.05, 0) is 68.4 Å². The molecule has 1 fully saturated rings. The number of nitrogens with zero attached hydrogens (tertiary/aromatic N) is 3. The number of ether oxygens (including phenoxy) is 1. The summed E-state index contributed by atoms with van der Waals surface area (Å²) in [5.74, 6) is -1.93. The number of carbonyl (C=O) groups is 3. The first-order valence-electron chi connectivity index (χ1n) is 15.5. The van der Waals surface area contributed by atoms with Gasteiger partial charge in [0.15, 0.2) is 22.5 Å². The van der Waals surface area contributed by atoms with Crippen molar-refractivity contribution in [2.24, 2.45) is 28.3 Å². The van der Waals surface area contributed by atoms with Crippen LogP contribution in [-0.4, -0.2) is 73.1 Å². The Hall–Kier alpha value is -3.95. The quantitative estimate of drug-likeness (QED) is 0.0908. The number of piperidine rings is 1. The van der Waals surface area contributed by atoms with Crippen molar-refractivity contribution in [2.45, 2.75) is 69.4 Å². The van der Waals surface area contributed by atoms with Crippen LogP contribution in [-0.2, 0) is 19.6 Å². The number of fused-ring (bicyclic) bond motifs is 1. The fraction of sp³-hybridized carbons (Fsp3) is 0.469. The standard InChI is InChI=1S/C32H41FN6O6S2/c1-20(2)17-26(38-32(42)45-23-12-15-39(16-13-23)47(43,44)24-9-5-8-22(33)19-24)27(40)18-21(7-6-14-36-31(34)35)29(41)30-37-25-10-3-4-11-28(25)46-30/h3-5,8-11,19-21,23,26H,6-7,12-18H2,1-2H3,(H,38,42)(H4,34,35,36)/t21-,26+/m1/s1. The third-order valence-corrected chi connectivity index (χ3v) is 10.8. The molecule has 3 aromatic rings. The summed E-state index contributed by atoms with van der Waals surface area (Å²) in [6.45, 7) is 4.30. The van der Waals surface area contributed by atoms with Crippen molar-refractivity contribution < 1.29 is 31.9 Å². The number of nitrogens with one attached hydrogen (secondary N) is 1. The van der Waals surface area contributed by atoms with Gasteiger partial charge in [0.25, 0.3) is 0 Å². The molecule has 1 aromatic heterocycles. The number of amides is 1. The Labute approximate surface area is 277 Å². The summed E-state index contributed by atoms with van der Waals surface area (Å²) in [6, 6.07) is 11.3. The fourth-order valence-corrected chi connectivity index (χ4v) is 7.93. The lowest BCUT2D eigenvalue weighted by molar-refractivity contribution is -0.122. The van der Waals surface area contributed by atoms with Crippen LogP contribution in [0, 0.1) is 17.7 Å². The third kappa shape index (κ3) is 10.0. The van der Waals surface area contributed by atoms with Gasteiger partial charge in [-0.1, -0.05) is 32.0 Å². The number of para-hydroxylation sites is 1. The number of alkyl carbamates (subject to hydrolysis) is 1. The largest absolute Gasteiger partial charge is 0.446 e. The van der Waals surface area contributed by atoms with Crippen molar-refractivity contribution in [3.05, 3.63) is 59.4 Å². The second-order valence-corrected chi connectivity index (χ2v) is 14.9. The van der Waals surface area contributed by atoms with Crippen LogP contribution in [0.15, 0.2) is 58.4 Å². The monoisotopic (exact) mass is 688 g/mol. The minimum atomic E-state index is -3.90. The maximum absolute atomic E-state index is 13.7. The van der Waals surface area contributed by atoms with Crippen LogP contribution in [0.25, 0.3) is 10.2 Å². The van der Waals surface area contributed by atoms with Crippen LogP contribution in [0.4, 0.5) is 9.18 Å². The summed E-state index contributed by atoms with van der Waals surface area (Å²) in [5, 5.41) is 3.00. The number of carbonyl (C=O) groups excluding carboxylic acids is 3. The van der Waals surface area contributed by atoms with Crippen LogP contribution in [0.1, 0.15) is 62.2 Å². The van der Waals surface area contributed by atoms with Crippen molar-refractivity contribution in [3.8, 4) is 0 Å². The Morgan fingerprint density at radius 3 is 2.51 bits per heavy atom. The predicted octanol–water partition coefficient (Wildman–Crippen LogP) is 4.24. The van der Waals surface area contributed by atoms with E-state index >= 15 is 0 Å². The number of halogens is 1. The van der Waals surface area contributed by atoms with Crippen molar-refractivity contribution in [1.29, 1.82) is 0 Å². The Morgan fingerprint density at radius 2 is 1.85 bits per heavy atom. The molecule has 1 saturated heterocycles. The molecule has 4 rings (SSSR count). The number of nitrogens with two attached hydrogens (primary N) is 2. The fourth-order valence-electron chi connectivity index (χ4n) is 5.45. The van der Waals surface area contributed by atoms with Gasteiger partial charge in [0.1, 0.15) is 11.9 Å². The van der Waals surface area contributed by atoms with Gasteiger partial charge in [-0.15, -0.1) is 11.3 Å². The second-order valence-electron chi connectivity index (χ2n) is 12.0. The molecule has 47 heavy (non-hydrogen) atoms. The van der Waals surface area contributed by atoms with E-state index in [1.807, 2.05) is 38.1 Å². The van der Waals surface area contributed by atoms with Gasteiger partial charge in [0.2, 0.25) is 10.0 Å². The smallest absolute Gasteiger partial charge is 0.407 e. The Balaban J connectivity index is 1.39. The van der Waals surface area contributed by atoms with E-state index in [0.717, 1.165) is 10.8 Å². The van der Waals surface area contributed by atoms with Gasteiger partial charge in [-0.2, -0.15) is 4.31 Å². The first kappa shape index (κ1) is 35.9. The van der Waals surface area contributed by atoms with E-state index < -0.39 is 40.0 Å². The van der Waals surface area contributed by atoms with E-state index in [2.05, 4.69) is 15.3 Å². The zero-order valence-corrected chi connectivity index (χ0v) is 28.1. The van der Waals surface area contributed by atoms with Crippen molar-refractivity contribution in [3.63, 3.8) is 0 Å². The van der Waals surface area contributed by atoms with Gasteiger partial charge in [0.05, 0.1) is 21.2 Å². The van der Waals surface area contributed by atoms with Crippen molar-refractivity contribution in [1.82, 2.24) is 14.6 Å². The molecule has 0 bridgehead atoms. The lowest BCUT2D eigenvalue weighted by atomic mass is 9.88. The van der Waals surface area contributed by atoms with E-state index in [9.17, 15) is 27.2 Å². The lowest BCUT2D eigenvalue weighted by Crippen LogP contribution is -2.46. The summed E-state index contributed by atoms with van der Waals surface area (Å²) < 4.78 is 47.2. The number of hydrogen-bond acceptors (Lipinski definition) is 9. The average molecular weight is 689 g/mol. The maximum atomic E-state index is 13.7. The number of Topliss-reactive ketones (excluding diaryl/α,β-unsaturated/α-hetero) is 2. The average Bonchev–Trinajstić information content (AvgIpc) is 3.46. The molecular weight excluding hydrogens is 648 g/mol. The highest BCUT2D eigenvalue weighted by molar-refractivity contribution is 7.89. The molecule has 5 N–H and O–H groups in total. The molecule has 0 unspecified atom stereocenters. The van der Waals surface area contributed by atoms with Crippen LogP contribution in [0.5, 0.6) is 0 Å². The molecule has 0 radical (unpaired) electrons. The highest BCUT2D eigenvalue weighted by Crippen LogP contribution is 2.28. The number of aliphatic imine (C=N–C) groups is 1. The van der Waals surface area contributed by atoms with Crippen LogP contribution >= 0.6 is 11.3 Å². The molecule has 2 atom stereocenters. The molecule has 0 spiro atoms. The molecule has 1 aliphatic heterocycles. The topological polar surface area (TPSA) is 187 Å². The summed E-state index contributed by atoms with van der Waals surface area (Å²) in [5.41, 5.74) is 11.6. The van der Waals surface area contributed by atoms with E-state index in [4.69, 9.17) is 16.2 Å². The molecule has 1 aliphatic rings. The van der Waals surface area contributed by atoms with Crippen molar-refractivity contribution in [2.75, 3.05) is 19.6 Å². The van der Waals surface area contributed by atoms with Crippen molar-refractivity contribution >= 4 is 55.2 Å². The molecule has 15 heteroatoms. The molecule has 2 aromatic carbocycles. The van der Waals surface area contributed by atoms with E-state index in [1.165, 1.54) is 33.8 Å². The first-order valence-corrected chi connectivity index (χ1v) is 17.8. The van der Waals surface area contributed by atoms with Crippen LogP contribution in [0.2, 0.25) is 0 Å². The number of hydrogen-bond donors (Lipinski definition) is 3. The zero-order chi connectivity index (χ0) is 34.1. The van der Waals surface area contributed by atoms with Gasteiger partial charge in [0, 0.05) is 32.0 Å². The predicted molar refractivity (Wildman–Crippen MR) is 178 cm³/mol. The Kier molecular flexibility index (Phi) is 12.4. The van der Waals surface area contributed by atoms with Gasteiger partial charge in [-0.3, -0.25) is 14.6 Å². The summed E-state index contributed by atoms with van der Waals surface area (Å²) in [6.07, 6.45) is 0.111. The highest BCUT2D eigenvalue weighted by Gasteiger charge is 2.33. The lowest BCUT2D eigenvalue weighted by Gasteiger charge is -2.31. The number of benzene rings is 2. The molecule has 254 valence electrons. The van der Waals surface area contributed by atoms with Gasteiger partial charge < -0.3 is 21.5 Å². The molecule has 2 heterocycles. The Bertz CT molecular complexity index is 1670. The molecule has 0 aliphatic carbocycles. The molecule has 0 saturated carbocycles. The molecule has 12 nitrogen and oxygen atoms in total.